The van der Waals surface area contributed by atoms with Crippen LogP contribution in [0.25, 0.3) is 0 Å². The van der Waals surface area contributed by atoms with Crippen molar-refractivity contribution in [1.82, 2.24) is 9.88 Å². The fraction of sp³-hybridized carbons (Fsp3) is 0.538. The van der Waals surface area contributed by atoms with Gasteiger partial charge in [-0.25, -0.2) is 21.8 Å². The lowest BCUT2D eigenvalue weighted by atomic mass is 10.1. The second-order valence-corrected chi connectivity index (χ2v) is 14.9. The van der Waals surface area contributed by atoms with Gasteiger partial charge >= 0.3 is 6.18 Å². The Morgan fingerprint density at radius 3 is 2.05 bits per heavy atom. The first-order valence-corrected chi connectivity index (χ1v) is 16.8. The number of sulfonamides is 2. The second-order valence-electron chi connectivity index (χ2n) is 10.9. The molecule has 41 heavy (non-hydrogen) atoms. The first-order valence-electron chi connectivity index (χ1n) is 13.6. The molecule has 1 amide bonds. The van der Waals surface area contributed by atoms with Crippen LogP contribution in [0.2, 0.25) is 0 Å². The van der Waals surface area contributed by atoms with Crippen molar-refractivity contribution in [1.29, 1.82) is 0 Å². The van der Waals surface area contributed by atoms with Crippen LogP contribution in [0.3, 0.4) is 0 Å². The van der Waals surface area contributed by atoms with E-state index >= 15 is 0 Å². The van der Waals surface area contributed by atoms with E-state index in [-0.39, 0.29) is 60.8 Å². The van der Waals surface area contributed by atoms with Crippen molar-refractivity contribution < 1.29 is 34.8 Å². The molecule has 3 aliphatic heterocycles. The molecule has 4 fully saturated rings. The van der Waals surface area contributed by atoms with Gasteiger partial charge in [0, 0.05) is 45.5 Å². The summed E-state index contributed by atoms with van der Waals surface area (Å²) in [6.07, 6.45) is -1.15. The number of halogens is 3. The molecule has 0 atom stereocenters. The number of rotatable bonds is 5. The minimum atomic E-state index is -4.48. The number of aromatic nitrogens is 1. The second kappa shape index (κ2) is 10.0. The molecule has 1 saturated carbocycles. The van der Waals surface area contributed by atoms with Gasteiger partial charge in [-0.15, -0.1) is 0 Å². The van der Waals surface area contributed by atoms with Crippen LogP contribution < -0.4 is 13.5 Å². The molecular formula is C26H30F3N5O5S2. The van der Waals surface area contributed by atoms with Crippen LogP contribution in [0.5, 0.6) is 0 Å². The van der Waals surface area contributed by atoms with E-state index in [1.165, 1.54) is 32.9 Å². The van der Waals surface area contributed by atoms with Crippen LogP contribution in [0.1, 0.15) is 53.1 Å². The molecule has 15 heteroatoms. The lowest BCUT2D eigenvalue weighted by Gasteiger charge is -2.37. The number of pyridine rings is 1. The van der Waals surface area contributed by atoms with Crippen molar-refractivity contribution >= 4 is 43.1 Å². The maximum atomic E-state index is 13.7. The predicted molar refractivity (Wildman–Crippen MR) is 147 cm³/mol. The molecule has 0 bridgehead atoms. The van der Waals surface area contributed by atoms with Crippen molar-refractivity contribution in [2.45, 2.75) is 37.8 Å². The van der Waals surface area contributed by atoms with Gasteiger partial charge in [-0.1, -0.05) is 0 Å². The Morgan fingerprint density at radius 1 is 0.854 bits per heavy atom. The molecule has 4 aliphatic rings. The third-order valence-corrected chi connectivity index (χ3v) is 11.8. The molecule has 4 heterocycles. The zero-order chi connectivity index (χ0) is 29.2. The number of hydrogen-bond donors (Lipinski definition) is 0. The topological polar surface area (TPSA) is 111 Å². The lowest BCUT2D eigenvalue weighted by Crippen LogP contribution is -2.49. The molecule has 10 nitrogen and oxygen atoms in total. The van der Waals surface area contributed by atoms with Crippen molar-refractivity contribution in [2.24, 2.45) is 0 Å². The third-order valence-electron chi connectivity index (χ3n) is 8.07. The highest BCUT2D eigenvalue weighted by Crippen LogP contribution is 2.45. The van der Waals surface area contributed by atoms with Crippen LogP contribution in [-0.4, -0.2) is 83.4 Å². The number of nitrogens with zero attached hydrogens (tertiary/aromatic N) is 5. The number of amides is 1. The molecule has 0 unspecified atom stereocenters. The van der Waals surface area contributed by atoms with E-state index in [0.717, 1.165) is 19.0 Å². The Hall–Kier alpha value is -3.07. The number of hydrogen-bond acceptors (Lipinski definition) is 7. The zero-order valence-electron chi connectivity index (χ0n) is 22.2. The van der Waals surface area contributed by atoms with Crippen molar-refractivity contribution in [3.8, 4) is 0 Å². The summed E-state index contributed by atoms with van der Waals surface area (Å²) in [5.41, 5.74) is 0.451. The Bertz CT molecular complexity index is 1590. The standard InChI is InChI=1S/C26H30F3N5O5S2/c27-26(28,29)19-15-22(18-3-4-18)24(30-17-19)31-9-11-32(12-10-31)25(35)21-6-5-20(33-7-1-13-40(33,36)37)16-23(21)34-8-2-14-41(34,38)39/h5-6,15-18H,1-4,7-14H2. The molecule has 222 valence electrons. The maximum absolute atomic E-state index is 13.7. The molecule has 0 radical (unpaired) electrons. The van der Waals surface area contributed by atoms with Crippen molar-refractivity contribution in [3.63, 3.8) is 0 Å². The van der Waals surface area contributed by atoms with E-state index in [2.05, 4.69) is 4.98 Å². The highest BCUT2D eigenvalue weighted by molar-refractivity contribution is 7.93. The molecule has 1 aromatic heterocycles. The van der Waals surface area contributed by atoms with Crippen LogP contribution in [0.4, 0.5) is 30.4 Å². The van der Waals surface area contributed by atoms with Crippen LogP contribution in [0.15, 0.2) is 30.5 Å². The Labute approximate surface area is 236 Å². The Morgan fingerprint density at radius 2 is 1.49 bits per heavy atom. The smallest absolute Gasteiger partial charge is 0.353 e. The molecule has 1 aromatic carbocycles. The lowest BCUT2D eigenvalue weighted by molar-refractivity contribution is -0.137. The van der Waals surface area contributed by atoms with E-state index < -0.39 is 31.8 Å². The predicted octanol–water partition coefficient (Wildman–Crippen LogP) is 3.02. The van der Waals surface area contributed by atoms with E-state index in [1.807, 2.05) is 4.90 Å². The molecule has 2 aromatic rings. The Balaban J connectivity index is 1.25. The SMILES string of the molecule is O=C(c1ccc(N2CCCS2(=O)=O)cc1N1CCCS1(=O)=O)N1CCN(c2ncc(C(F)(F)F)cc2C2CC2)CC1. The minimum Gasteiger partial charge on any atom is -0.353 e. The summed E-state index contributed by atoms with van der Waals surface area (Å²) in [5.74, 6) is 0.107. The van der Waals surface area contributed by atoms with Gasteiger partial charge in [-0.05, 0) is 61.4 Å². The van der Waals surface area contributed by atoms with Gasteiger partial charge in [0.2, 0.25) is 20.0 Å². The first-order chi connectivity index (χ1) is 19.3. The largest absolute Gasteiger partial charge is 0.417 e. The van der Waals surface area contributed by atoms with Gasteiger partial charge in [-0.2, -0.15) is 13.2 Å². The molecule has 0 spiro atoms. The molecule has 1 aliphatic carbocycles. The molecular weight excluding hydrogens is 583 g/mol. The highest BCUT2D eigenvalue weighted by atomic mass is 32.2. The van der Waals surface area contributed by atoms with E-state index in [0.29, 0.717) is 43.0 Å². The highest BCUT2D eigenvalue weighted by Gasteiger charge is 2.38. The summed E-state index contributed by atoms with van der Waals surface area (Å²) in [6, 6.07) is 5.68. The summed E-state index contributed by atoms with van der Waals surface area (Å²) in [6.45, 7) is 1.71. The van der Waals surface area contributed by atoms with Crippen molar-refractivity contribution in [2.75, 3.05) is 64.3 Å². The summed E-state index contributed by atoms with van der Waals surface area (Å²) < 4.78 is 93.1. The molecule has 3 saturated heterocycles. The maximum Gasteiger partial charge on any atom is 0.417 e. The van der Waals surface area contributed by atoms with Gasteiger partial charge in [0.05, 0.1) is 34.0 Å². The van der Waals surface area contributed by atoms with E-state index in [1.54, 1.807) is 4.90 Å². The number of anilines is 3. The van der Waals surface area contributed by atoms with Gasteiger partial charge in [0.25, 0.3) is 5.91 Å². The monoisotopic (exact) mass is 613 g/mol. The van der Waals surface area contributed by atoms with Gasteiger partial charge in [0.1, 0.15) is 5.82 Å². The summed E-state index contributed by atoms with van der Waals surface area (Å²) in [7, 11) is -7.18. The van der Waals surface area contributed by atoms with Crippen LogP contribution in [0, 0.1) is 0 Å². The van der Waals surface area contributed by atoms with Gasteiger partial charge in [0.15, 0.2) is 0 Å². The van der Waals surface area contributed by atoms with Gasteiger partial charge < -0.3 is 9.80 Å². The third kappa shape index (κ3) is 5.33. The summed E-state index contributed by atoms with van der Waals surface area (Å²) in [5, 5.41) is 0. The summed E-state index contributed by atoms with van der Waals surface area (Å²) >= 11 is 0. The fourth-order valence-corrected chi connectivity index (χ4v) is 8.91. The average Bonchev–Trinajstić information content (AvgIpc) is 3.63. The van der Waals surface area contributed by atoms with E-state index in [9.17, 15) is 34.8 Å². The number of carbonyl (C=O) groups is 1. The zero-order valence-corrected chi connectivity index (χ0v) is 23.8. The normalized spacial score (nSPS) is 22.4. The summed E-state index contributed by atoms with van der Waals surface area (Å²) in [4.78, 5) is 21.4. The molecule has 0 N–H and O–H groups in total. The number of piperazine rings is 1. The van der Waals surface area contributed by atoms with Crippen molar-refractivity contribution in [3.05, 3.63) is 47.2 Å². The quantitative estimate of drug-likeness (QED) is 0.510. The molecule has 6 rings (SSSR count). The fourth-order valence-electron chi connectivity index (χ4n) is 5.78. The minimum absolute atomic E-state index is 0.00551. The Kier molecular flexibility index (Phi) is 6.87. The van der Waals surface area contributed by atoms with Crippen LogP contribution in [-0.2, 0) is 26.2 Å². The number of benzene rings is 1. The number of carbonyl (C=O) groups excluding carboxylic acids is 1. The first kappa shape index (κ1) is 28.1. The number of alkyl halides is 3. The van der Waals surface area contributed by atoms with E-state index in [4.69, 9.17) is 0 Å². The van der Waals surface area contributed by atoms with Crippen LogP contribution >= 0.6 is 0 Å². The average molecular weight is 614 g/mol. The van der Waals surface area contributed by atoms with Gasteiger partial charge in [-0.3, -0.25) is 13.4 Å².